The Hall–Kier alpha value is -1.53. The van der Waals surface area contributed by atoms with E-state index in [-0.39, 0.29) is 5.92 Å². The molecule has 3 nitrogen and oxygen atoms in total. The molecule has 0 saturated carbocycles. The molecule has 2 aromatic rings. The van der Waals surface area contributed by atoms with E-state index < -0.39 is 0 Å². The van der Waals surface area contributed by atoms with E-state index in [1.807, 2.05) is 22.9 Å². The molecule has 0 bridgehead atoms. The van der Waals surface area contributed by atoms with Gasteiger partial charge >= 0.3 is 0 Å². The summed E-state index contributed by atoms with van der Waals surface area (Å²) in [5.41, 5.74) is 2.09. The maximum absolute atomic E-state index is 8.95. The van der Waals surface area contributed by atoms with Crippen LogP contribution in [0.4, 0.5) is 0 Å². The van der Waals surface area contributed by atoms with Gasteiger partial charge in [0.25, 0.3) is 0 Å². The number of hydrogen-bond donors (Lipinski definition) is 0. The van der Waals surface area contributed by atoms with E-state index in [9.17, 15) is 0 Å². The van der Waals surface area contributed by atoms with E-state index >= 15 is 0 Å². The van der Waals surface area contributed by atoms with Gasteiger partial charge in [0.2, 0.25) is 0 Å². The minimum Gasteiger partial charge on any atom is -0.265 e. The maximum atomic E-state index is 8.95. The van der Waals surface area contributed by atoms with Crippen LogP contribution in [0.15, 0.2) is 24.3 Å². The van der Waals surface area contributed by atoms with Crippen molar-refractivity contribution in [1.29, 1.82) is 5.26 Å². The lowest BCUT2D eigenvalue weighted by Crippen LogP contribution is -2.05. The first kappa shape index (κ1) is 11.9. The highest BCUT2D eigenvalue weighted by Crippen LogP contribution is 2.21. The van der Waals surface area contributed by atoms with Crippen molar-refractivity contribution in [2.75, 3.05) is 5.88 Å². The highest BCUT2D eigenvalue weighted by molar-refractivity contribution is 6.18. The molecule has 1 atom stereocenters. The summed E-state index contributed by atoms with van der Waals surface area (Å²) in [7, 11) is 0. The fraction of sp³-hybridized carbons (Fsp3) is 0.385. The van der Waals surface area contributed by atoms with Crippen LogP contribution in [0.1, 0.15) is 12.6 Å². The molecule has 88 valence electrons. The highest BCUT2D eigenvalue weighted by atomic mass is 35.5. The van der Waals surface area contributed by atoms with Crippen molar-refractivity contribution in [2.45, 2.75) is 19.9 Å². The van der Waals surface area contributed by atoms with Crippen molar-refractivity contribution in [3.05, 3.63) is 30.0 Å². The van der Waals surface area contributed by atoms with E-state index in [1.54, 1.807) is 0 Å². The van der Waals surface area contributed by atoms with Gasteiger partial charge in [-0.1, -0.05) is 18.2 Å². The van der Waals surface area contributed by atoms with Crippen molar-refractivity contribution >= 4 is 22.5 Å². The quantitative estimate of drug-likeness (QED) is 0.780. The number of alkyl halides is 1. The molecule has 0 saturated heterocycles. The second kappa shape index (κ2) is 5.20. The SMILES string of the molecule is CCn1nc(CC(C#N)CCl)c2ccccc21. The molecular formula is C13H14ClN3. The van der Waals surface area contributed by atoms with Gasteiger partial charge in [0.15, 0.2) is 0 Å². The Kier molecular flexibility index (Phi) is 3.65. The first-order chi connectivity index (χ1) is 8.30. The van der Waals surface area contributed by atoms with Crippen molar-refractivity contribution in [3.8, 4) is 6.07 Å². The van der Waals surface area contributed by atoms with Crippen LogP contribution in [0.2, 0.25) is 0 Å². The summed E-state index contributed by atoms with van der Waals surface area (Å²) in [6.07, 6.45) is 0.619. The summed E-state index contributed by atoms with van der Waals surface area (Å²) in [6.45, 7) is 2.89. The molecule has 0 fully saturated rings. The Balaban J connectivity index is 2.44. The Morgan fingerprint density at radius 1 is 1.47 bits per heavy atom. The lowest BCUT2D eigenvalue weighted by molar-refractivity contribution is 0.646. The summed E-state index contributed by atoms with van der Waals surface area (Å²) in [6, 6.07) is 10.3. The second-order valence-corrected chi connectivity index (χ2v) is 4.27. The molecule has 0 N–H and O–H groups in total. The average molecular weight is 248 g/mol. The highest BCUT2D eigenvalue weighted by Gasteiger charge is 2.14. The zero-order valence-electron chi connectivity index (χ0n) is 9.73. The third-order valence-corrected chi connectivity index (χ3v) is 3.22. The summed E-state index contributed by atoms with van der Waals surface area (Å²) < 4.78 is 1.97. The number of fused-ring (bicyclic) bond motifs is 1. The van der Waals surface area contributed by atoms with E-state index in [1.165, 1.54) is 0 Å². The largest absolute Gasteiger partial charge is 0.265 e. The number of nitriles is 1. The van der Waals surface area contributed by atoms with Gasteiger partial charge in [-0.3, -0.25) is 4.68 Å². The maximum Gasteiger partial charge on any atom is 0.0716 e. The number of para-hydroxylation sites is 1. The molecule has 0 radical (unpaired) electrons. The van der Waals surface area contributed by atoms with E-state index in [2.05, 4.69) is 24.2 Å². The number of hydrogen-bond acceptors (Lipinski definition) is 2. The van der Waals surface area contributed by atoms with Gasteiger partial charge in [-0.2, -0.15) is 10.4 Å². The molecular weight excluding hydrogens is 234 g/mol. The minimum atomic E-state index is -0.166. The van der Waals surface area contributed by atoms with Gasteiger partial charge in [0, 0.05) is 24.2 Å². The van der Waals surface area contributed by atoms with Crippen molar-refractivity contribution in [1.82, 2.24) is 9.78 Å². The smallest absolute Gasteiger partial charge is 0.0716 e. The Labute approximate surface area is 106 Å². The van der Waals surface area contributed by atoms with E-state index in [4.69, 9.17) is 16.9 Å². The number of halogens is 1. The topological polar surface area (TPSA) is 41.6 Å². The molecule has 0 aliphatic carbocycles. The number of rotatable bonds is 4. The van der Waals surface area contributed by atoms with E-state index in [0.29, 0.717) is 12.3 Å². The second-order valence-electron chi connectivity index (χ2n) is 3.96. The van der Waals surface area contributed by atoms with Crippen LogP contribution in [0.25, 0.3) is 10.9 Å². The lowest BCUT2D eigenvalue weighted by atomic mass is 10.0. The number of aryl methyl sites for hydroxylation is 1. The third kappa shape index (κ3) is 2.27. The molecule has 1 aromatic heterocycles. The molecule has 0 amide bonds. The normalized spacial score (nSPS) is 12.5. The van der Waals surface area contributed by atoms with Crippen LogP contribution in [-0.4, -0.2) is 15.7 Å². The standard InChI is InChI=1S/C13H14ClN3/c1-2-17-13-6-4-3-5-11(13)12(16-17)7-10(8-14)9-15/h3-6,10H,2,7-8H2,1H3. The average Bonchev–Trinajstić information content (AvgIpc) is 2.74. The van der Waals surface area contributed by atoms with Crippen molar-refractivity contribution < 1.29 is 0 Å². The fourth-order valence-corrected chi connectivity index (χ4v) is 2.13. The molecule has 1 heterocycles. The van der Waals surface area contributed by atoms with Crippen LogP contribution in [-0.2, 0) is 13.0 Å². The lowest BCUT2D eigenvalue weighted by Gasteiger charge is -2.01. The molecule has 4 heteroatoms. The van der Waals surface area contributed by atoms with Crippen molar-refractivity contribution in [3.63, 3.8) is 0 Å². The predicted octanol–water partition coefficient (Wildman–Crippen LogP) is 2.98. The van der Waals surface area contributed by atoms with Crippen LogP contribution < -0.4 is 0 Å². The molecule has 1 unspecified atom stereocenters. The van der Waals surface area contributed by atoms with Gasteiger partial charge < -0.3 is 0 Å². The van der Waals surface area contributed by atoms with Gasteiger partial charge in [-0.05, 0) is 13.0 Å². The molecule has 1 aromatic carbocycles. The van der Waals surface area contributed by atoms with Gasteiger partial charge in [0.05, 0.1) is 23.2 Å². The van der Waals surface area contributed by atoms with Gasteiger partial charge in [-0.25, -0.2) is 0 Å². The number of benzene rings is 1. The predicted molar refractivity (Wildman–Crippen MR) is 68.9 cm³/mol. The summed E-state index contributed by atoms with van der Waals surface area (Å²) in [5.74, 6) is 0.185. The van der Waals surface area contributed by atoms with Gasteiger partial charge in [0.1, 0.15) is 0 Å². The number of nitrogens with zero attached hydrogens (tertiary/aromatic N) is 3. The van der Waals surface area contributed by atoms with Crippen LogP contribution in [0.5, 0.6) is 0 Å². The third-order valence-electron chi connectivity index (χ3n) is 2.84. The van der Waals surface area contributed by atoms with Crippen LogP contribution >= 0.6 is 11.6 Å². The van der Waals surface area contributed by atoms with Crippen molar-refractivity contribution in [2.24, 2.45) is 5.92 Å². The first-order valence-corrected chi connectivity index (χ1v) is 6.23. The number of aromatic nitrogens is 2. The fourth-order valence-electron chi connectivity index (χ4n) is 1.96. The van der Waals surface area contributed by atoms with E-state index in [0.717, 1.165) is 23.1 Å². The van der Waals surface area contributed by atoms with Gasteiger partial charge in [-0.15, -0.1) is 11.6 Å². The monoisotopic (exact) mass is 247 g/mol. The molecule has 17 heavy (non-hydrogen) atoms. The van der Waals surface area contributed by atoms with Crippen LogP contribution in [0, 0.1) is 17.2 Å². The minimum absolute atomic E-state index is 0.166. The summed E-state index contributed by atoms with van der Waals surface area (Å²) in [5, 5.41) is 14.6. The summed E-state index contributed by atoms with van der Waals surface area (Å²) >= 11 is 5.75. The Morgan fingerprint density at radius 3 is 2.88 bits per heavy atom. The molecule has 0 aliphatic heterocycles. The molecule has 0 aliphatic rings. The Bertz CT molecular complexity index is 553. The Morgan fingerprint density at radius 2 is 2.24 bits per heavy atom. The molecule has 0 spiro atoms. The first-order valence-electron chi connectivity index (χ1n) is 5.70. The van der Waals surface area contributed by atoms with Crippen LogP contribution in [0.3, 0.4) is 0 Å². The zero-order valence-corrected chi connectivity index (χ0v) is 10.5. The zero-order chi connectivity index (χ0) is 12.3. The summed E-state index contributed by atoms with van der Waals surface area (Å²) in [4.78, 5) is 0. The molecule has 2 rings (SSSR count).